The Morgan fingerprint density at radius 3 is 2.83 bits per heavy atom. The molecule has 0 radical (unpaired) electrons. The monoisotopic (exact) mass is 271 g/mol. The van der Waals surface area contributed by atoms with Crippen molar-refractivity contribution >= 4 is 10.8 Å². The van der Waals surface area contributed by atoms with Crippen molar-refractivity contribution in [3.63, 3.8) is 0 Å². The van der Waals surface area contributed by atoms with Gasteiger partial charge < -0.3 is 4.74 Å². The lowest BCUT2D eigenvalue weighted by atomic mass is 10.2. The molecule has 0 saturated carbocycles. The summed E-state index contributed by atoms with van der Waals surface area (Å²) in [5.41, 5.74) is 0.801. The standard InChI is InChI=1S/C13H18FNO2S/c14-13-3-1-2-12(10-13)11-18(16)9-6-15-4-7-17-8-5-15/h1-3,10H,4-9,11H2. The Balaban J connectivity index is 1.74. The molecule has 0 spiro atoms. The van der Waals surface area contributed by atoms with E-state index in [1.807, 2.05) is 6.07 Å². The number of morpholine rings is 1. The van der Waals surface area contributed by atoms with Crippen LogP contribution in [0.1, 0.15) is 5.56 Å². The smallest absolute Gasteiger partial charge is 0.123 e. The first kappa shape index (κ1) is 13.6. The van der Waals surface area contributed by atoms with Gasteiger partial charge in [0.1, 0.15) is 5.82 Å². The Morgan fingerprint density at radius 1 is 1.33 bits per heavy atom. The third-order valence-corrected chi connectivity index (χ3v) is 4.25. The number of rotatable bonds is 5. The van der Waals surface area contributed by atoms with Crippen molar-refractivity contribution in [3.05, 3.63) is 35.6 Å². The summed E-state index contributed by atoms with van der Waals surface area (Å²) >= 11 is 0. The maximum atomic E-state index is 13.0. The summed E-state index contributed by atoms with van der Waals surface area (Å²) in [6, 6.07) is 6.33. The van der Waals surface area contributed by atoms with Crippen molar-refractivity contribution in [3.8, 4) is 0 Å². The van der Waals surface area contributed by atoms with Crippen LogP contribution in [0, 0.1) is 5.82 Å². The second-order valence-corrected chi connectivity index (χ2v) is 5.95. The van der Waals surface area contributed by atoms with Crippen molar-refractivity contribution in [2.24, 2.45) is 0 Å². The molecule has 1 aliphatic heterocycles. The van der Waals surface area contributed by atoms with Gasteiger partial charge in [0.15, 0.2) is 0 Å². The molecule has 0 amide bonds. The SMILES string of the molecule is O=S(CCN1CCOCC1)Cc1cccc(F)c1. The molecule has 5 heteroatoms. The van der Waals surface area contributed by atoms with Crippen LogP contribution in [0.4, 0.5) is 4.39 Å². The van der Waals surface area contributed by atoms with Gasteiger partial charge in [0.2, 0.25) is 0 Å². The third kappa shape index (κ3) is 4.48. The molecule has 100 valence electrons. The summed E-state index contributed by atoms with van der Waals surface area (Å²) in [4.78, 5) is 2.26. The molecule has 1 aromatic rings. The van der Waals surface area contributed by atoms with E-state index in [9.17, 15) is 8.60 Å². The Bertz CT molecular complexity index is 408. The number of ether oxygens (including phenoxy) is 1. The summed E-state index contributed by atoms with van der Waals surface area (Å²) in [7, 11) is -0.930. The number of nitrogens with zero attached hydrogens (tertiary/aromatic N) is 1. The second kappa shape index (κ2) is 6.97. The van der Waals surface area contributed by atoms with E-state index in [1.165, 1.54) is 12.1 Å². The van der Waals surface area contributed by atoms with Gasteiger partial charge in [0, 0.05) is 41.9 Å². The lowest BCUT2D eigenvalue weighted by Gasteiger charge is -2.26. The zero-order chi connectivity index (χ0) is 12.8. The van der Waals surface area contributed by atoms with E-state index < -0.39 is 10.8 Å². The zero-order valence-electron chi connectivity index (χ0n) is 10.3. The first-order valence-electron chi connectivity index (χ1n) is 6.13. The summed E-state index contributed by atoms with van der Waals surface area (Å²) in [5, 5.41) is 0. The summed E-state index contributed by atoms with van der Waals surface area (Å²) < 4.78 is 30.1. The average Bonchev–Trinajstić information content (AvgIpc) is 2.38. The third-order valence-electron chi connectivity index (χ3n) is 2.96. The molecule has 0 bridgehead atoms. The molecule has 0 aliphatic carbocycles. The van der Waals surface area contributed by atoms with Gasteiger partial charge in [-0.3, -0.25) is 9.11 Å². The topological polar surface area (TPSA) is 29.5 Å². The molecule has 3 nitrogen and oxygen atoms in total. The Morgan fingerprint density at radius 2 is 2.11 bits per heavy atom. The van der Waals surface area contributed by atoms with Gasteiger partial charge in [-0.05, 0) is 17.7 Å². The minimum absolute atomic E-state index is 0.266. The molecule has 1 aliphatic rings. The fourth-order valence-electron chi connectivity index (χ4n) is 1.94. The van der Waals surface area contributed by atoms with Crippen LogP contribution in [0.2, 0.25) is 0 Å². The molecular weight excluding hydrogens is 253 g/mol. The van der Waals surface area contributed by atoms with Crippen LogP contribution in [0.25, 0.3) is 0 Å². The summed E-state index contributed by atoms with van der Waals surface area (Å²) in [6.07, 6.45) is 0. The molecule has 18 heavy (non-hydrogen) atoms. The van der Waals surface area contributed by atoms with E-state index in [1.54, 1.807) is 6.07 Å². The van der Waals surface area contributed by atoms with E-state index in [0.717, 1.165) is 38.4 Å². The van der Waals surface area contributed by atoms with Gasteiger partial charge in [-0.2, -0.15) is 0 Å². The van der Waals surface area contributed by atoms with Gasteiger partial charge in [-0.15, -0.1) is 0 Å². The molecule has 1 aromatic carbocycles. The van der Waals surface area contributed by atoms with Crippen LogP contribution in [0.3, 0.4) is 0 Å². The predicted octanol–water partition coefficient (Wildman–Crippen LogP) is 1.41. The zero-order valence-corrected chi connectivity index (χ0v) is 11.1. The summed E-state index contributed by atoms with van der Waals surface area (Å²) in [6.45, 7) is 4.17. The fraction of sp³-hybridized carbons (Fsp3) is 0.538. The molecule has 1 atom stereocenters. The highest BCUT2D eigenvalue weighted by Gasteiger charge is 2.11. The molecular formula is C13H18FNO2S. The number of benzene rings is 1. The van der Waals surface area contributed by atoms with E-state index >= 15 is 0 Å². The van der Waals surface area contributed by atoms with Gasteiger partial charge in [0.05, 0.1) is 13.2 Å². The lowest BCUT2D eigenvalue weighted by Crippen LogP contribution is -2.38. The molecule has 1 fully saturated rings. The maximum Gasteiger partial charge on any atom is 0.123 e. The van der Waals surface area contributed by atoms with Gasteiger partial charge in [-0.1, -0.05) is 12.1 Å². The molecule has 1 heterocycles. The first-order chi connectivity index (χ1) is 8.74. The van der Waals surface area contributed by atoms with Crippen LogP contribution in [0.5, 0.6) is 0 Å². The predicted molar refractivity (Wildman–Crippen MR) is 70.4 cm³/mol. The van der Waals surface area contributed by atoms with Crippen molar-refractivity contribution in [1.29, 1.82) is 0 Å². The number of hydrogen-bond acceptors (Lipinski definition) is 3. The van der Waals surface area contributed by atoms with Crippen molar-refractivity contribution in [2.45, 2.75) is 5.75 Å². The van der Waals surface area contributed by atoms with E-state index in [2.05, 4.69) is 4.90 Å². The largest absolute Gasteiger partial charge is 0.379 e. The molecule has 1 saturated heterocycles. The van der Waals surface area contributed by atoms with Gasteiger partial charge in [-0.25, -0.2) is 4.39 Å². The minimum Gasteiger partial charge on any atom is -0.379 e. The van der Waals surface area contributed by atoms with E-state index in [-0.39, 0.29) is 5.82 Å². The van der Waals surface area contributed by atoms with Gasteiger partial charge in [0.25, 0.3) is 0 Å². The second-order valence-electron chi connectivity index (χ2n) is 4.37. The number of halogens is 1. The van der Waals surface area contributed by atoms with Crippen LogP contribution < -0.4 is 0 Å². The van der Waals surface area contributed by atoms with Crippen molar-refractivity contribution in [2.75, 3.05) is 38.6 Å². The van der Waals surface area contributed by atoms with Crippen LogP contribution in [-0.2, 0) is 21.3 Å². The highest BCUT2D eigenvalue weighted by Crippen LogP contribution is 2.07. The van der Waals surface area contributed by atoms with Crippen LogP contribution >= 0.6 is 0 Å². The maximum absolute atomic E-state index is 13.0. The minimum atomic E-state index is -0.930. The molecule has 1 unspecified atom stereocenters. The Labute approximate surface area is 109 Å². The quantitative estimate of drug-likeness (QED) is 0.811. The van der Waals surface area contributed by atoms with Crippen molar-refractivity contribution < 1.29 is 13.3 Å². The van der Waals surface area contributed by atoms with Gasteiger partial charge >= 0.3 is 0 Å². The van der Waals surface area contributed by atoms with Crippen LogP contribution in [-0.4, -0.2) is 47.7 Å². The fourth-order valence-corrected chi connectivity index (χ4v) is 3.10. The molecule has 0 N–H and O–H groups in total. The molecule has 2 rings (SSSR count). The average molecular weight is 271 g/mol. The normalized spacial score (nSPS) is 18.7. The van der Waals surface area contributed by atoms with E-state index in [0.29, 0.717) is 11.5 Å². The summed E-state index contributed by atoms with van der Waals surface area (Å²) in [5.74, 6) is 0.802. The van der Waals surface area contributed by atoms with E-state index in [4.69, 9.17) is 4.74 Å². The molecule has 0 aromatic heterocycles. The first-order valence-corrected chi connectivity index (χ1v) is 7.62. The van der Waals surface area contributed by atoms with Crippen molar-refractivity contribution in [1.82, 2.24) is 4.90 Å². The number of hydrogen-bond donors (Lipinski definition) is 0. The highest BCUT2D eigenvalue weighted by molar-refractivity contribution is 7.84. The highest BCUT2D eigenvalue weighted by atomic mass is 32.2. The Kier molecular flexibility index (Phi) is 5.28. The lowest BCUT2D eigenvalue weighted by molar-refractivity contribution is 0.0409. The van der Waals surface area contributed by atoms with Crippen LogP contribution in [0.15, 0.2) is 24.3 Å². The Hall–Kier alpha value is -0.780.